The van der Waals surface area contributed by atoms with Crippen LogP contribution in [0, 0.1) is 17.8 Å². The van der Waals surface area contributed by atoms with E-state index < -0.39 is 0 Å². The third kappa shape index (κ3) is 3.59. The molecule has 1 aromatic rings. The van der Waals surface area contributed by atoms with Gasteiger partial charge in [0.25, 0.3) is 5.91 Å². The van der Waals surface area contributed by atoms with Gasteiger partial charge in [0, 0.05) is 11.6 Å². The predicted octanol–water partition coefficient (Wildman–Crippen LogP) is 1.92. The van der Waals surface area contributed by atoms with Crippen LogP contribution in [0.25, 0.3) is 0 Å². The van der Waals surface area contributed by atoms with Gasteiger partial charge >= 0.3 is 0 Å². The average Bonchev–Trinajstić information content (AvgIpc) is 2.82. The molecule has 3 heteroatoms. The third-order valence-electron chi connectivity index (χ3n) is 3.53. The van der Waals surface area contributed by atoms with Crippen molar-refractivity contribution in [1.82, 2.24) is 5.32 Å². The van der Waals surface area contributed by atoms with Gasteiger partial charge in [-0.25, -0.2) is 0 Å². The molecule has 1 aliphatic rings. The van der Waals surface area contributed by atoms with Gasteiger partial charge < -0.3 is 11.1 Å². The minimum atomic E-state index is -0.0268. The highest BCUT2D eigenvalue weighted by atomic mass is 16.1. The van der Waals surface area contributed by atoms with Crippen molar-refractivity contribution in [2.75, 3.05) is 6.54 Å². The van der Waals surface area contributed by atoms with E-state index in [0.717, 1.165) is 18.4 Å². The van der Waals surface area contributed by atoms with Gasteiger partial charge in [0.2, 0.25) is 0 Å². The summed E-state index contributed by atoms with van der Waals surface area (Å²) >= 11 is 0. The number of benzene rings is 1. The molecule has 1 aromatic carbocycles. The maximum absolute atomic E-state index is 12.3. The lowest BCUT2D eigenvalue weighted by molar-refractivity contribution is 0.0937. The number of amides is 1. The van der Waals surface area contributed by atoms with Crippen molar-refractivity contribution in [2.24, 2.45) is 11.7 Å². The second kappa shape index (κ2) is 6.40. The van der Waals surface area contributed by atoms with Crippen LogP contribution in [0.4, 0.5) is 0 Å². The van der Waals surface area contributed by atoms with E-state index in [1.807, 2.05) is 24.3 Å². The zero-order chi connectivity index (χ0) is 13.7. The molecule has 2 rings (SSSR count). The minimum Gasteiger partial charge on any atom is -0.349 e. The Morgan fingerprint density at radius 2 is 2.21 bits per heavy atom. The number of carbonyl (C=O) groups is 1. The molecule has 0 aliphatic heterocycles. The number of hydrogen-bond acceptors (Lipinski definition) is 2. The Labute approximate surface area is 114 Å². The van der Waals surface area contributed by atoms with Gasteiger partial charge in [-0.15, -0.1) is 0 Å². The number of nitrogens with one attached hydrogen (secondary N) is 1. The normalized spacial score (nSPS) is 21.6. The zero-order valence-corrected chi connectivity index (χ0v) is 11.3. The molecule has 0 saturated heterocycles. The van der Waals surface area contributed by atoms with Crippen LogP contribution in [0.2, 0.25) is 0 Å². The molecular formula is C16H20N2O. The highest BCUT2D eigenvalue weighted by molar-refractivity contribution is 5.96. The molecule has 2 unspecified atom stereocenters. The van der Waals surface area contributed by atoms with Crippen molar-refractivity contribution in [3.05, 3.63) is 35.4 Å². The first kappa shape index (κ1) is 13.6. The Balaban J connectivity index is 2.10. The van der Waals surface area contributed by atoms with E-state index >= 15 is 0 Å². The molecule has 19 heavy (non-hydrogen) atoms. The Hall–Kier alpha value is -1.79. The van der Waals surface area contributed by atoms with E-state index in [9.17, 15) is 4.79 Å². The van der Waals surface area contributed by atoms with Gasteiger partial charge in [-0.05, 0) is 37.3 Å². The van der Waals surface area contributed by atoms with Gasteiger partial charge in [-0.2, -0.15) is 0 Å². The SMILES string of the molecule is CC1CCC(NC(=O)c2ccccc2C#CCN)C1. The van der Waals surface area contributed by atoms with Crippen molar-refractivity contribution < 1.29 is 4.79 Å². The van der Waals surface area contributed by atoms with Gasteiger partial charge in [0.15, 0.2) is 0 Å². The summed E-state index contributed by atoms with van der Waals surface area (Å²) in [6, 6.07) is 7.72. The first-order chi connectivity index (χ1) is 9.20. The van der Waals surface area contributed by atoms with Crippen LogP contribution in [0.15, 0.2) is 24.3 Å². The molecule has 0 aromatic heterocycles. The quantitative estimate of drug-likeness (QED) is 0.794. The van der Waals surface area contributed by atoms with Crippen LogP contribution >= 0.6 is 0 Å². The summed E-state index contributed by atoms with van der Waals surface area (Å²) in [5, 5.41) is 3.10. The Bertz CT molecular complexity index is 513. The maximum Gasteiger partial charge on any atom is 0.252 e. The summed E-state index contributed by atoms with van der Waals surface area (Å²) < 4.78 is 0. The fourth-order valence-corrected chi connectivity index (χ4v) is 2.54. The summed E-state index contributed by atoms with van der Waals surface area (Å²) in [7, 11) is 0. The Kier molecular flexibility index (Phi) is 4.59. The van der Waals surface area contributed by atoms with E-state index in [0.29, 0.717) is 24.1 Å². The van der Waals surface area contributed by atoms with Crippen LogP contribution in [-0.2, 0) is 0 Å². The van der Waals surface area contributed by atoms with Gasteiger partial charge in [-0.1, -0.05) is 30.9 Å². The van der Waals surface area contributed by atoms with Crippen LogP contribution < -0.4 is 11.1 Å². The Morgan fingerprint density at radius 1 is 1.42 bits per heavy atom. The van der Waals surface area contributed by atoms with Gasteiger partial charge in [0.1, 0.15) is 0 Å². The molecule has 1 saturated carbocycles. The number of nitrogens with two attached hydrogens (primary N) is 1. The molecule has 1 fully saturated rings. The summed E-state index contributed by atoms with van der Waals surface area (Å²) in [6.45, 7) is 2.53. The third-order valence-corrected chi connectivity index (χ3v) is 3.53. The minimum absolute atomic E-state index is 0.0268. The summed E-state index contributed by atoms with van der Waals surface area (Å²) in [5.74, 6) is 6.43. The van der Waals surface area contributed by atoms with Crippen molar-refractivity contribution in [3.8, 4) is 11.8 Å². The number of hydrogen-bond donors (Lipinski definition) is 2. The smallest absolute Gasteiger partial charge is 0.252 e. The molecule has 2 atom stereocenters. The zero-order valence-electron chi connectivity index (χ0n) is 11.3. The molecule has 0 radical (unpaired) electrons. The second-order valence-electron chi connectivity index (χ2n) is 5.14. The lowest BCUT2D eigenvalue weighted by Crippen LogP contribution is -2.33. The molecule has 100 valence electrons. The van der Waals surface area contributed by atoms with Crippen LogP contribution in [0.1, 0.15) is 42.1 Å². The molecule has 1 aliphatic carbocycles. The van der Waals surface area contributed by atoms with Crippen molar-refractivity contribution in [3.63, 3.8) is 0 Å². The topological polar surface area (TPSA) is 55.1 Å². The van der Waals surface area contributed by atoms with Crippen molar-refractivity contribution >= 4 is 5.91 Å². The highest BCUT2D eigenvalue weighted by Crippen LogP contribution is 2.25. The molecular weight excluding hydrogens is 236 g/mol. The molecule has 1 amide bonds. The van der Waals surface area contributed by atoms with E-state index in [4.69, 9.17) is 5.73 Å². The van der Waals surface area contributed by atoms with Crippen LogP contribution in [0.3, 0.4) is 0 Å². The van der Waals surface area contributed by atoms with Crippen LogP contribution in [-0.4, -0.2) is 18.5 Å². The largest absolute Gasteiger partial charge is 0.349 e. The summed E-state index contributed by atoms with van der Waals surface area (Å²) in [5.41, 5.74) is 6.76. The first-order valence-corrected chi connectivity index (χ1v) is 6.79. The molecule has 3 nitrogen and oxygen atoms in total. The predicted molar refractivity (Wildman–Crippen MR) is 76.6 cm³/mol. The van der Waals surface area contributed by atoms with E-state index in [1.54, 1.807) is 0 Å². The molecule has 0 bridgehead atoms. The second-order valence-corrected chi connectivity index (χ2v) is 5.14. The van der Waals surface area contributed by atoms with E-state index in [1.165, 1.54) is 6.42 Å². The van der Waals surface area contributed by atoms with Crippen LogP contribution in [0.5, 0.6) is 0 Å². The monoisotopic (exact) mass is 256 g/mol. The van der Waals surface area contributed by atoms with Gasteiger partial charge in [-0.3, -0.25) is 4.79 Å². The molecule has 0 spiro atoms. The molecule has 3 N–H and O–H groups in total. The number of rotatable bonds is 2. The fourth-order valence-electron chi connectivity index (χ4n) is 2.54. The summed E-state index contributed by atoms with van der Waals surface area (Å²) in [6.07, 6.45) is 3.34. The number of carbonyl (C=O) groups excluding carboxylic acids is 1. The fraction of sp³-hybridized carbons (Fsp3) is 0.438. The van der Waals surface area contributed by atoms with E-state index in [-0.39, 0.29) is 5.91 Å². The standard InChI is InChI=1S/C16H20N2O/c1-12-8-9-14(11-12)18-16(19)15-7-3-2-5-13(15)6-4-10-17/h2-3,5,7,12,14H,8-11,17H2,1H3,(H,18,19). The lowest BCUT2D eigenvalue weighted by atomic mass is 10.1. The first-order valence-electron chi connectivity index (χ1n) is 6.79. The average molecular weight is 256 g/mol. The maximum atomic E-state index is 12.3. The van der Waals surface area contributed by atoms with Crippen molar-refractivity contribution in [2.45, 2.75) is 32.2 Å². The molecule has 0 heterocycles. The van der Waals surface area contributed by atoms with Gasteiger partial charge in [0.05, 0.1) is 12.1 Å². The summed E-state index contributed by atoms with van der Waals surface area (Å²) in [4.78, 5) is 12.3. The van der Waals surface area contributed by atoms with E-state index in [2.05, 4.69) is 24.1 Å². The highest BCUT2D eigenvalue weighted by Gasteiger charge is 2.23. The van der Waals surface area contributed by atoms with Crippen molar-refractivity contribution in [1.29, 1.82) is 0 Å². The Morgan fingerprint density at radius 3 is 2.89 bits per heavy atom. The lowest BCUT2D eigenvalue weighted by Gasteiger charge is -2.13.